The number of hydrogen-bond donors (Lipinski definition) is 2. The summed E-state index contributed by atoms with van der Waals surface area (Å²) in [7, 11) is 0. The monoisotopic (exact) mass is 325 g/mol. The standard InChI is InChI=1S/C14H17BrFN3/c1-2-5-17-13(9-14-18-6-7-19-14)10-3-4-12(16)11(15)8-10/h3-4,6-8,13,17H,2,5,9H2,1H3,(H,18,19). The van der Waals surface area contributed by atoms with Crippen LogP contribution in [0.25, 0.3) is 0 Å². The zero-order valence-electron chi connectivity index (χ0n) is 10.8. The lowest BCUT2D eigenvalue weighted by Crippen LogP contribution is -2.24. The molecule has 0 spiro atoms. The van der Waals surface area contributed by atoms with Gasteiger partial charge in [0.15, 0.2) is 0 Å². The van der Waals surface area contributed by atoms with E-state index in [-0.39, 0.29) is 11.9 Å². The maximum atomic E-state index is 13.3. The first kappa shape index (κ1) is 14.2. The van der Waals surface area contributed by atoms with Crippen LogP contribution < -0.4 is 5.32 Å². The van der Waals surface area contributed by atoms with Gasteiger partial charge in [-0.2, -0.15) is 0 Å². The van der Waals surface area contributed by atoms with Crippen molar-refractivity contribution in [3.05, 3.63) is 52.3 Å². The Labute approximate surface area is 120 Å². The van der Waals surface area contributed by atoms with E-state index in [0.29, 0.717) is 4.47 Å². The van der Waals surface area contributed by atoms with E-state index in [4.69, 9.17) is 0 Å². The van der Waals surface area contributed by atoms with Gasteiger partial charge in [0.1, 0.15) is 11.6 Å². The lowest BCUT2D eigenvalue weighted by Gasteiger charge is -2.18. The summed E-state index contributed by atoms with van der Waals surface area (Å²) in [5, 5.41) is 3.47. The van der Waals surface area contributed by atoms with E-state index in [1.54, 1.807) is 6.20 Å². The highest BCUT2D eigenvalue weighted by molar-refractivity contribution is 9.10. The van der Waals surface area contributed by atoms with Gasteiger partial charge < -0.3 is 10.3 Å². The van der Waals surface area contributed by atoms with Crippen LogP contribution in [-0.2, 0) is 6.42 Å². The van der Waals surface area contributed by atoms with Gasteiger partial charge in [0.2, 0.25) is 0 Å². The molecule has 0 saturated heterocycles. The van der Waals surface area contributed by atoms with Crippen LogP contribution in [0.1, 0.15) is 30.8 Å². The molecule has 0 aliphatic heterocycles. The van der Waals surface area contributed by atoms with Crippen LogP contribution in [0, 0.1) is 5.82 Å². The molecule has 1 aromatic carbocycles. The van der Waals surface area contributed by atoms with Crippen molar-refractivity contribution in [3.63, 3.8) is 0 Å². The maximum absolute atomic E-state index is 13.3. The average Bonchev–Trinajstić information content (AvgIpc) is 2.91. The fourth-order valence-electron chi connectivity index (χ4n) is 1.96. The number of nitrogens with zero attached hydrogens (tertiary/aromatic N) is 1. The summed E-state index contributed by atoms with van der Waals surface area (Å²) in [4.78, 5) is 7.35. The number of aromatic amines is 1. The number of aromatic nitrogens is 2. The van der Waals surface area contributed by atoms with Crippen LogP contribution >= 0.6 is 15.9 Å². The Balaban J connectivity index is 2.18. The Morgan fingerprint density at radius 1 is 1.47 bits per heavy atom. The molecule has 0 aliphatic rings. The van der Waals surface area contributed by atoms with Crippen LogP contribution in [0.4, 0.5) is 4.39 Å². The second-order valence-corrected chi connectivity index (χ2v) is 5.27. The van der Waals surface area contributed by atoms with Crippen LogP contribution in [0.3, 0.4) is 0 Å². The molecule has 0 fully saturated rings. The lowest BCUT2D eigenvalue weighted by molar-refractivity contribution is 0.518. The molecule has 19 heavy (non-hydrogen) atoms. The number of halogens is 2. The van der Waals surface area contributed by atoms with Crippen molar-refractivity contribution in [1.82, 2.24) is 15.3 Å². The highest BCUT2D eigenvalue weighted by atomic mass is 79.9. The van der Waals surface area contributed by atoms with Gasteiger partial charge in [-0.3, -0.25) is 0 Å². The van der Waals surface area contributed by atoms with Gasteiger partial charge in [-0.25, -0.2) is 9.37 Å². The summed E-state index contributed by atoms with van der Waals surface area (Å²) < 4.78 is 13.8. The quantitative estimate of drug-likeness (QED) is 0.852. The van der Waals surface area contributed by atoms with E-state index in [0.717, 1.165) is 30.8 Å². The largest absolute Gasteiger partial charge is 0.349 e. The number of nitrogens with one attached hydrogen (secondary N) is 2. The molecule has 0 aliphatic carbocycles. The minimum atomic E-state index is -0.240. The summed E-state index contributed by atoms with van der Waals surface area (Å²) in [5.41, 5.74) is 1.05. The molecule has 0 amide bonds. The van der Waals surface area contributed by atoms with Gasteiger partial charge in [0.05, 0.1) is 4.47 Å². The van der Waals surface area contributed by atoms with Crippen molar-refractivity contribution in [2.75, 3.05) is 6.54 Å². The molecular weight excluding hydrogens is 309 g/mol. The van der Waals surface area contributed by atoms with E-state index in [1.807, 2.05) is 18.3 Å². The van der Waals surface area contributed by atoms with Crippen molar-refractivity contribution in [3.8, 4) is 0 Å². The number of rotatable bonds is 6. The number of imidazole rings is 1. The van der Waals surface area contributed by atoms with Crippen LogP contribution in [0.2, 0.25) is 0 Å². The molecule has 0 bridgehead atoms. The van der Waals surface area contributed by atoms with Crippen LogP contribution in [-0.4, -0.2) is 16.5 Å². The summed E-state index contributed by atoms with van der Waals surface area (Å²) in [6, 6.07) is 5.26. The number of H-pyrrole nitrogens is 1. The fourth-order valence-corrected chi connectivity index (χ4v) is 2.36. The summed E-state index contributed by atoms with van der Waals surface area (Å²) >= 11 is 3.23. The van der Waals surface area contributed by atoms with Gasteiger partial charge >= 0.3 is 0 Å². The minimum absolute atomic E-state index is 0.128. The zero-order chi connectivity index (χ0) is 13.7. The van der Waals surface area contributed by atoms with Gasteiger partial charge in [-0.05, 0) is 46.6 Å². The smallest absolute Gasteiger partial charge is 0.137 e. The zero-order valence-corrected chi connectivity index (χ0v) is 12.4. The molecule has 102 valence electrons. The molecule has 1 heterocycles. The first-order chi connectivity index (χ1) is 9.20. The summed E-state index contributed by atoms with van der Waals surface area (Å²) in [6.45, 7) is 3.04. The van der Waals surface area contributed by atoms with Crippen molar-refractivity contribution in [2.24, 2.45) is 0 Å². The normalized spacial score (nSPS) is 12.6. The molecule has 0 saturated carbocycles. The molecule has 0 radical (unpaired) electrons. The molecule has 2 rings (SSSR count). The Morgan fingerprint density at radius 3 is 2.95 bits per heavy atom. The average molecular weight is 326 g/mol. The van der Waals surface area contributed by atoms with Crippen molar-refractivity contribution >= 4 is 15.9 Å². The van der Waals surface area contributed by atoms with Gasteiger partial charge in [0.25, 0.3) is 0 Å². The predicted octanol–water partition coefficient (Wildman–Crippen LogP) is 3.59. The first-order valence-corrected chi connectivity index (χ1v) is 7.16. The SMILES string of the molecule is CCCNC(Cc1ncc[nH]1)c1ccc(F)c(Br)c1. The predicted molar refractivity (Wildman–Crippen MR) is 77.4 cm³/mol. The molecule has 1 aromatic heterocycles. The Kier molecular flexibility index (Phi) is 5.10. The molecule has 3 nitrogen and oxygen atoms in total. The van der Waals surface area contributed by atoms with Gasteiger partial charge in [0, 0.05) is 24.9 Å². The third kappa shape index (κ3) is 3.88. The van der Waals surface area contributed by atoms with Gasteiger partial charge in [-0.15, -0.1) is 0 Å². The lowest BCUT2D eigenvalue weighted by atomic mass is 10.0. The van der Waals surface area contributed by atoms with E-state index in [1.165, 1.54) is 6.07 Å². The summed E-state index contributed by atoms with van der Waals surface area (Å²) in [5.74, 6) is 0.685. The Hall–Kier alpha value is -1.20. The minimum Gasteiger partial charge on any atom is -0.349 e. The molecule has 2 N–H and O–H groups in total. The second kappa shape index (κ2) is 6.82. The summed E-state index contributed by atoms with van der Waals surface area (Å²) in [6.07, 6.45) is 5.36. The van der Waals surface area contributed by atoms with Crippen molar-refractivity contribution in [2.45, 2.75) is 25.8 Å². The maximum Gasteiger partial charge on any atom is 0.137 e. The molecule has 2 aromatic rings. The first-order valence-electron chi connectivity index (χ1n) is 6.37. The highest BCUT2D eigenvalue weighted by Crippen LogP contribution is 2.23. The molecule has 1 atom stereocenters. The number of benzene rings is 1. The number of hydrogen-bond acceptors (Lipinski definition) is 2. The van der Waals surface area contributed by atoms with E-state index >= 15 is 0 Å². The second-order valence-electron chi connectivity index (χ2n) is 4.42. The van der Waals surface area contributed by atoms with Crippen LogP contribution in [0.5, 0.6) is 0 Å². The molecule has 5 heteroatoms. The molecule has 1 unspecified atom stereocenters. The van der Waals surface area contributed by atoms with E-state index in [9.17, 15) is 4.39 Å². The van der Waals surface area contributed by atoms with E-state index in [2.05, 4.69) is 38.1 Å². The molecular formula is C14H17BrFN3. The Bertz CT molecular complexity index is 513. The van der Waals surface area contributed by atoms with E-state index < -0.39 is 0 Å². The highest BCUT2D eigenvalue weighted by Gasteiger charge is 2.14. The van der Waals surface area contributed by atoms with Crippen molar-refractivity contribution < 1.29 is 4.39 Å². The topological polar surface area (TPSA) is 40.7 Å². The fraction of sp³-hybridized carbons (Fsp3) is 0.357. The van der Waals surface area contributed by atoms with Gasteiger partial charge in [-0.1, -0.05) is 13.0 Å². The van der Waals surface area contributed by atoms with Crippen molar-refractivity contribution in [1.29, 1.82) is 0 Å². The third-order valence-corrected chi connectivity index (χ3v) is 3.55. The third-order valence-electron chi connectivity index (χ3n) is 2.94. The Morgan fingerprint density at radius 2 is 2.32 bits per heavy atom. The van der Waals surface area contributed by atoms with Crippen LogP contribution in [0.15, 0.2) is 35.1 Å².